The first-order valence-electron chi connectivity index (χ1n) is 8.92. The second kappa shape index (κ2) is 8.24. The van der Waals surface area contributed by atoms with Crippen molar-refractivity contribution in [2.45, 2.75) is 44.6 Å². The van der Waals surface area contributed by atoms with Crippen molar-refractivity contribution in [1.82, 2.24) is 15.1 Å². The molecule has 0 radical (unpaired) electrons. The zero-order valence-electron chi connectivity index (χ0n) is 14.0. The van der Waals surface area contributed by atoms with Gasteiger partial charge in [0.05, 0.1) is 5.69 Å². The van der Waals surface area contributed by atoms with Crippen LogP contribution in [-0.2, 0) is 4.79 Å². The molecule has 1 aliphatic heterocycles. The molecule has 2 N–H and O–H groups in total. The summed E-state index contributed by atoms with van der Waals surface area (Å²) in [6.07, 6.45) is 10.7. The van der Waals surface area contributed by atoms with Gasteiger partial charge in [0.25, 0.3) is 0 Å². The number of carbonyl (C=O) groups is 1. The summed E-state index contributed by atoms with van der Waals surface area (Å²) in [6.45, 7) is 3.46. The van der Waals surface area contributed by atoms with Gasteiger partial charge in [0, 0.05) is 31.8 Å². The highest BCUT2D eigenvalue weighted by atomic mass is 16.4. The average Bonchev–Trinajstić information content (AvgIpc) is 3.02. The lowest BCUT2D eigenvalue weighted by Gasteiger charge is -2.26. The van der Waals surface area contributed by atoms with Crippen molar-refractivity contribution in [3.05, 3.63) is 23.9 Å². The number of anilines is 1. The van der Waals surface area contributed by atoms with Crippen molar-refractivity contribution in [2.75, 3.05) is 25.0 Å². The number of aromatic nitrogens is 2. The molecule has 130 valence electrons. The smallest absolute Gasteiger partial charge is 0.328 e. The van der Waals surface area contributed by atoms with E-state index in [0.29, 0.717) is 11.7 Å². The Labute approximate surface area is 143 Å². The van der Waals surface area contributed by atoms with Crippen molar-refractivity contribution < 1.29 is 9.90 Å². The monoisotopic (exact) mass is 330 g/mol. The number of rotatable bonds is 6. The van der Waals surface area contributed by atoms with Crippen LogP contribution in [0.1, 0.15) is 44.2 Å². The molecular formula is C18H26N4O2. The highest BCUT2D eigenvalue weighted by Crippen LogP contribution is 2.26. The summed E-state index contributed by atoms with van der Waals surface area (Å²) in [6, 6.07) is 4.06. The van der Waals surface area contributed by atoms with E-state index in [1.807, 2.05) is 6.07 Å². The lowest BCUT2D eigenvalue weighted by Crippen LogP contribution is -2.31. The molecule has 0 bridgehead atoms. The van der Waals surface area contributed by atoms with E-state index in [1.165, 1.54) is 44.7 Å². The third-order valence-electron chi connectivity index (χ3n) is 4.95. The van der Waals surface area contributed by atoms with E-state index in [9.17, 15) is 4.79 Å². The minimum atomic E-state index is -0.983. The second-order valence-corrected chi connectivity index (χ2v) is 6.91. The molecule has 24 heavy (non-hydrogen) atoms. The third-order valence-corrected chi connectivity index (χ3v) is 4.95. The first kappa shape index (κ1) is 16.9. The van der Waals surface area contributed by atoms with E-state index in [0.717, 1.165) is 37.3 Å². The fraction of sp³-hybridized carbons (Fsp3) is 0.611. The molecule has 1 saturated carbocycles. The number of hydrogen-bond donors (Lipinski definition) is 2. The molecule has 3 rings (SSSR count). The summed E-state index contributed by atoms with van der Waals surface area (Å²) >= 11 is 0. The molecule has 6 heteroatoms. The molecule has 6 nitrogen and oxygen atoms in total. The van der Waals surface area contributed by atoms with Crippen LogP contribution in [0, 0.1) is 5.92 Å². The lowest BCUT2D eigenvalue weighted by molar-refractivity contribution is -0.131. The van der Waals surface area contributed by atoms with Gasteiger partial charge in [-0.2, -0.15) is 0 Å². The molecule has 1 atom stereocenters. The van der Waals surface area contributed by atoms with Gasteiger partial charge in [-0.3, -0.25) is 0 Å². The Morgan fingerprint density at radius 3 is 2.79 bits per heavy atom. The van der Waals surface area contributed by atoms with Gasteiger partial charge in [-0.1, -0.05) is 19.3 Å². The number of aliphatic carboxylic acids is 1. The summed E-state index contributed by atoms with van der Waals surface area (Å²) < 4.78 is 0. The van der Waals surface area contributed by atoms with Crippen LogP contribution in [0.5, 0.6) is 0 Å². The zero-order valence-corrected chi connectivity index (χ0v) is 14.0. The van der Waals surface area contributed by atoms with Gasteiger partial charge in [-0.15, -0.1) is 10.2 Å². The van der Waals surface area contributed by atoms with Crippen LogP contribution in [0.3, 0.4) is 0 Å². The largest absolute Gasteiger partial charge is 0.478 e. The number of nitrogens with zero attached hydrogens (tertiary/aromatic N) is 3. The maximum atomic E-state index is 10.5. The van der Waals surface area contributed by atoms with E-state index >= 15 is 0 Å². The molecule has 2 aliphatic rings. The highest BCUT2D eigenvalue weighted by Gasteiger charge is 2.25. The van der Waals surface area contributed by atoms with Crippen LogP contribution >= 0.6 is 0 Å². The highest BCUT2D eigenvalue weighted by molar-refractivity contribution is 5.84. The minimum Gasteiger partial charge on any atom is -0.478 e. The van der Waals surface area contributed by atoms with Crippen LogP contribution in [0.15, 0.2) is 18.2 Å². The predicted molar refractivity (Wildman–Crippen MR) is 93.7 cm³/mol. The van der Waals surface area contributed by atoms with E-state index < -0.39 is 5.97 Å². The second-order valence-electron chi connectivity index (χ2n) is 6.91. The molecule has 1 aromatic heterocycles. The average molecular weight is 330 g/mol. The summed E-state index contributed by atoms with van der Waals surface area (Å²) in [4.78, 5) is 13.1. The molecule has 1 aromatic rings. The van der Waals surface area contributed by atoms with Gasteiger partial charge >= 0.3 is 5.97 Å². The molecular weight excluding hydrogens is 304 g/mol. The van der Waals surface area contributed by atoms with Gasteiger partial charge in [0.2, 0.25) is 0 Å². The summed E-state index contributed by atoms with van der Waals surface area (Å²) in [5.74, 6) is 0.660. The van der Waals surface area contributed by atoms with Crippen molar-refractivity contribution in [3.63, 3.8) is 0 Å². The first-order chi connectivity index (χ1) is 11.7. The molecule has 0 amide bonds. The van der Waals surface area contributed by atoms with Crippen LogP contribution in [0.4, 0.5) is 5.82 Å². The summed E-state index contributed by atoms with van der Waals surface area (Å²) in [5.41, 5.74) is 0.549. The molecule has 1 aliphatic carbocycles. The van der Waals surface area contributed by atoms with Crippen molar-refractivity contribution >= 4 is 17.9 Å². The van der Waals surface area contributed by atoms with E-state index in [2.05, 4.69) is 20.4 Å². The Kier molecular flexibility index (Phi) is 5.80. The van der Waals surface area contributed by atoms with Gasteiger partial charge in [0.15, 0.2) is 0 Å². The standard InChI is InChI=1S/C18H26N4O2/c23-18(24)9-7-15-6-8-17(21-20-15)19-16-10-11-22(13-16)12-14-4-2-1-3-5-14/h6-9,14,16H,1-5,10-13H2,(H,19,21)(H,23,24)/b9-7+/t16-/m1/s1. The lowest BCUT2D eigenvalue weighted by atomic mass is 9.89. The van der Waals surface area contributed by atoms with Crippen LogP contribution in [0.2, 0.25) is 0 Å². The Hall–Kier alpha value is -1.95. The Morgan fingerprint density at radius 2 is 2.08 bits per heavy atom. The Morgan fingerprint density at radius 1 is 1.25 bits per heavy atom. The van der Waals surface area contributed by atoms with Crippen molar-refractivity contribution in [3.8, 4) is 0 Å². The molecule has 0 spiro atoms. The van der Waals surface area contributed by atoms with Gasteiger partial charge < -0.3 is 15.3 Å². The molecule has 0 unspecified atom stereocenters. The predicted octanol–water partition coefficient (Wildman–Crippen LogP) is 2.64. The van der Waals surface area contributed by atoms with Crippen molar-refractivity contribution in [2.24, 2.45) is 5.92 Å². The van der Waals surface area contributed by atoms with Gasteiger partial charge in [0.1, 0.15) is 5.82 Å². The topological polar surface area (TPSA) is 78.4 Å². The maximum Gasteiger partial charge on any atom is 0.328 e. The maximum absolute atomic E-state index is 10.5. The van der Waals surface area contributed by atoms with Crippen LogP contribution < -0.4 is 5.32 Å². The normalized spacial score (nSPS) is 22.9. The summed E-state index contributed by atoms with van der Waals surface area (Å²) in [5, 5.41) is 20.2. The number of carboxylic acids is 1. The van der Waals surface area contributed by atoms with Crippen molar-refractivity contribution in [1.29, 1.82) is 0 Å². The Balaban J connectivity index is 1.45. The SMILES string of the molecule is O=C(O)/C=C/c1ccc(N[C@@H]2CCN(CC3CCCCC3)C2)nn1. The van der Waals surface area contributed by atoms with Gasteiger partial charge in [-0.25, -0.2) is 4.79 Å². The van der Waals surface area contributed by atoms with Gasteiger partial charge in [-0.05, 0) is 43.4 Å². The number of hydrogen-bond acceptors (Lipinski definition) is 5. The molecule has 2 fully saturated rings. The number of nitrogens with one attached hydrogen (secondary N) is 1. The number of likely N-dealkylation sites (tertiary alicyclic amines) is 1. The van der Waals surface area contributed by atoms with Crippen LogP contribution in [-0.4, -0.2) is 51.8 Å². The molecule has 1 saturated heterocycles. The van der Waals surface area contributed by atoms with E-state index in [1.54, 1.807) is 6.07 Å². The van der Waals surface area contributed by atoms with E-state index in [-0.39, 0.29) is 0 Å². The molecule has 0 aromatic carbocycles. The summed E-state index contributed by atoms with van der Waals surface area (Å²) in [7, 11) is 0. The van der Waals surface area contributed by atoms with Crippen LogP contribution in [0.25, 0.3) is 6.08 Å². The van der Waals surface area contributed by atoms with E-state index in [4.69, 9.17) is 5.11 Å². The minimum absolute atomic E-state index is 0.420. The first-order valence-corrected chi connectivity index (χ1v) is 8.92. The Bertz CT molecular complexity index is 567. The fourth-order valence-corrected chi connectivity index (χ4v) is 3.73. The quantitative estimate of drug-likeness (QED) is 0.781. The zero-order chi connectivity index (χ0) is 16.8. The molecule has 2 heterocycles. The fourth-order valence-electron chi connectivity index (χ4n) is 3.73. The number of carboxylic acid groups (broad SMARTS) is 1. The third kappa shape index (κ3) is 5.03.